The summed E-state index contributed by atoms with van der Waals surface area (Å²) < 4.78 is 12.8. The van der Waals surface area contributed by atoms with Crippen molar-refractivity contribution in [3.8, 4) is 0 Å². The number of benzene rings is 1. The molecule has 0 radical (unpaired) electrons. The maximum atomic E-state index is 12.8. The molecule has 20 heavy (non-hydrogen) atoms. The molecular formula is C15H16FN3O. The second-order valence-electron chi connectivity index (χ2n) is 4.51. The molecule has 4 nitrogen and oxygen atoms in total. The Labute approximate surface area is 116 Å². The van der Waals surface area contributed by atoms with Crippen LogP contribution >= 0.6 is 0 Å². The topological polar surface area (TPSA) is 68.0 Å². The van der Waals surface area contributed by atoms with Crippen LogP contribution in [0.25, 0.3) is 0 Å². The van der Waals surface area contributed by atoms with E-state index in [1.165, 1.54) is 12.1 Å². The van der Waals surface area contributed by atoms with Gasteiger partial charge in [0.25, 0.3) is 0 Å². The van der Waals surface area contributed by atoms with Crippen LogP contribution in [0.3, 0.4) is 0 Å². The Morgan fingerprint density at radius 1 is 1.15 bits per heavy atom. The highest BCUT2D eigenvalue weighted by molar-refractivity contribution is 5.81. The maximum absolute atomic E-state index is 12.8. The van der Waals surface area contributed by atoms with Crippen LogP contribution in [-0.2, 0) is 17.8 Å². The van der Waals surface area contributed by atoms with Crippen molar-refractivity contribution in [2.24, 2.45) is 5.73 Å². The summed E-state index contributed by atoms with van der Waals surface area (Å²) in [4.78, 5) is 15.8. The van der Waals surface area contributed by atoms with Crippen LogP contribution in [0.1, 0.15) is 11.1 Å². The van der Waals surface area contributed by atoms with Crippen molar-refractivity contribution in [3.63, 3.8) is 0 Å². The van der Waals surface area contributed by atoms with Gasteiger partial charge in [0.05, 0.1) is 6.04 Å². The molecule has 2 rings (SSSR count). The second-order valence-corrected chi connectivity index (χ2v) is 4.51. The van der Waals surface area contributed by atoms with Crippen molar-refractivity contribution < 1.29 is 9.18 Å². The largest absolute Gasteiger partial charge is 0.351 e. The molecule has 0 spiro atoms. The van der Waals surface area contributed by atoms with Gasteiger partial charge in [-0.1, -0.05) is 12.1 Å². The van der Waals surface area contributed by atoms with Crippen molar-refractivity contribution in [3.05, 3.63) is 65.7 Å². The van der Waals surface area contributed by atoms with Gasteiger partial charge in [0.1, 0.15) is 5.82 Å². The number of hydrogen-bond acceptors (Lipinski definition) is 3. The fourth-order valence-electron chi connectivity index (χ4n) is 1.79. The van der Waals surface area contributed by atoms with Gasteiger partial charge >= 0.3 is 0 Å². The molecule has 0 aliphatic rings. The normalized spacial score (nSPS) is 11.9. The lowest BCUT2D eigenvalue weighted by Gasteiger charge is -2.12. The molecule has 0 aliphatic heterocycles. The summed E-state index contributed by atoms with van der Waals surface area (Å²) in [5, 5.41) is 2.76. The average molecular weight is 273 g/mol. The average Bonchev–Trinajstić information content (AvgIpc) is 2.48. The molecule has 1 unspecified atom stereocenters. The highest BCUT2D eigenvalue weighted by atomic mass is 19.1. The van der Waals surface area contributed by atoms with Crippen LogP contribution in [0.15, 0.2) is 48.8 Å². The number of halogens is 1. The molecule has 1 aromatic carbocycles. The number of amides is 1. The number of carbonyl (C=O) groups is 1. The molecule has 5 heteroatoms. The Morgan fingerprint density at radius 3 is 2.45 bits per heavy atom. The zero-order chi connectivity index (χ0) is 14.4. The fraction of sp³-hybridized carbons (Fsp3) is 0.200. The monoisotopic (exact) mass is 273 g/mol. The molecule has 0 bridgehead atoms. The Balaban J connectivity index is 1.84. The van der Waals surface area contributed by atoms with Gasteiger partial charge in [-0.2, -0.15) is 0 Å². The Kier molecular flexibility index (Phi) is 4.79. The highest BCUT2D eigenvalue weighted by Crippen LogP contribution is 2.05. The van der Waals surface area contributed by atoms with Gasteiger partial charge in [0.2, 0.25) is 5.91 Å². The zero-order valence-electron chi connectivity index (χ0n) is 10.9. The number of pyridine rings is 1. The molecule has 3 N–H and O–H groups in total. The van der Waals surface area contributed by atoms with Gasteiger partial charge in [-0.3, -0.25) is 9.78 Å². The summed E-state index contributed by atoms with van der Waals surface area (Å²) in [5.41, 5.74) is 7.63. The quantitative estimate of drug-likeness (QED) is 0.865. The van der Waals surface area contributed by atoms with E-state index in [1.807, 2.05) is 12.1 Å². The molecule has 0 aliphatic carbocycles. The van der Waals surface area contributed by atoms with Gasteiger partial charge < -0.3 is 11.1 Å². The third kappa shape index (κ3) is 4.13. The first-order valence-corrected chi connectivity index (χ1v) is 6.32. The van der Waals surface area contributed by atoms with Crippen LogP contribution in [0.2, 0.25) is 0 Å². The molecule has 1 atom stereocenters. The van der Waals surface area contributed by atoms with Crippen LogP contribution in [0.4, 0.5) is 4.39 Å². The summed E-state index contributed by atoms with van der Waals surface area (Å²) in [6.07, 6.45) is 3.71. The highest BCUT2D eigenvalue weighted by Gasteiger charge is 2.13. The minimum Gasteiger partial charge on any atom is -0.351 e. The summed E-state index contributed by atoms with van der Waals surface area (Å²) in [6, 6.07) is 8.98. The molecule has 0 saturated heterocycles. The van der Waals surface area contributed by atoms with E-state index in [0.29, 0.717) is 13.0 Å². The number of rotatable bonds is 5. The molecule has 2 aromatic rings. The lowest BCUT2D eigenvalue weighted by molar-refractivity contribution is -0.122. The minimum atomic E-state index is -0.651. The summed E-state index contributed by atoms with van der Waals surface area (Å²) >= 11 is 0. The number of hydrogen-bond donors (Lipinski definition) is 2. The molecular weight excluding hydrogens is 257 g/mol. The van der Waals surface area contributed by atoms with Crippen LogP contribution in [-0.4, -0.2) is 16.9 Å². The molecule has 1 heterocycles. The first kappa shape index (κ1) is 14.1. The molecule has 104 valence electrons. The summed E-state index contributed by atoms with van der Waals surface area (Å²) in [6.45, 7) is 0.415. The van der Waals surface area contributed by atoms with Gasteiger partial charge in [-0.25, -0.2) is 4.39 Å². The van der Waals surface area contributed by atoms with E-state index in [0.717, 1.165) is 11.1 Å². The van der Waals surface area contributed by atoms with Crippen molar-refractivity contribution >= 4 is 5.91 Å². The Morgan fingerprint density at radius 2 is 1.80 bits per heavy atom. The number of nitrogens with one attached hydrogen (secondary N) is 1. The Bertz CT molecular complexity index is 557. The number of carbonyl (C=O) groups excluding carboxylic acids is 1. The predicted octanol–water partition coefficient (Wildman–Crippen LogP) is 1.41. The van der Waals surface area contributed by atoms with E-state index >= 15 is 0 Å². The van der Waals surface area contributed by atoms with Crippen LogP contribution in [0, 0.1) is 5.82 Å². The molecule has 1 amide bonds. The van der Waals surface area contributed by atoms with Crippen LogP contribution in [0.5, 0.6) is 0 Å². The lowest BCUT2D eigenvalue weighted by atomic mass is 10.1. The second kappa shape index (κ2) is 6.77. The first-order chi connectivity index (χ1) is 9.65. The smallest absolute Gasteiger partial charge is 0.237 e. The van der Waals surface area contributed by atoms with Crippen molar-refractivity contribution in [1.82, 2.24) is 10.3 Å². The van der Waals surface area contributed by atoms with E-state index < -0.39 is 6.04 Å². The SMILES string of the molecule is NC(Cc1ccc(F)cc1)C(=O)NCc1ccncc1. The van der Waals surface area contributed by atoms with E-state index in [9.17, 15) is 9.18 Å². The van der Waals surface area contributed by atoms with Gasteiger partial charge in [-0.15, -0.1) is 0 Å². The number of aromatic nitrogens is 1. The summed E-state index contributed by atoms with van der Waals surface area (Å²) in [5.74, 6) is -0.532. The summed E-state index contributed by atoms with van der Waals surface area (Å²) in [7, 11) is 0. The van der Waals surface area contributed by atoms with E-state index in [4.69, 9.17) is 5.73 Å². The van der Waals surface area contributed by atoms with E-state index in [-0.39, 0.29) is 11.7 Å². The van der Waals surface area contributed by atoms with E-state index in [1.54, 1.807) is 24.5 Å². The lowest BCUT2D eigenvalue weighted by Crippen LogP contribution is -2.41. The van der Waals surface area contributed by atoms with Crippen molar-refractivity contribution in [1.29, 1.82) is 0 Å². The number of nitrogens with zero attached hydrogens (tertiary/aromatic N) is 1. The number of nitrogens with two attached hydrogens (primary N) is 1. The van der Waals surface area contributed by atoms with Crippen molar-refractivity contribution in [2.45, 2.75) is 19.0 Å². The molecule has 0 saturated carbocycles. The van der Waals surface area contributed by atoms with E-state index in [2.05, 4.69) is 10.3 Å². The first-order valence-electron chi connectivity index (χ1n) is 6.32. The molecule has 0 fully saturated rings. The molecule has 1 aromatic heterocycles. The Hall–Kier alpha value is -2.27. The van der Waals surface area contributed by atoms with Gasteiger partial charge in [0, 0.05) is 18.9 Å². The van der Waals surface area contributed by atoms with Crippen LogP contribution < -0.4 is 11.1 Å². The van der Waals surface area contributed by atoms with Crippen molar-refractivity contribution in [2.75, 3.05) is 0 Å². The zero-order valence-corrected chi connectivity index (χ0v) is 10.9. The fourth-order valence-corrected chi connectivity index (χ4v) is 1.79. The standard InChI is InChI=1S/C15H16FN3O/c16-13-3-1-11(2-4-13)9-14(17)15(20)19-10-12-5-7-18-8-6-12/h1-8,14H,9-10,17H2,(H,19,20). The van der Waals surface area contributed by atoms with Gasteiger partial charge in [-0.05, 0) is 41.8 Å². The van der Waals surface area contributed by atoms with Gasteiger partial charge in [0.15, 0.2) is 0 Å². The minimum absolute atomic E-state index is 0.230. The third-order valence-electron chi connectivity index (χ3n) is 2.92. The predicted molar refractivity (Wildman–Crippen MR) is 74.2 cm³/mol. The maximum Gasteiger partial charge on any atom is 0.237 e. The third-order valence-corrected chi connectivity index (χ3v) is 2.92.